The number of hydrogen-bond donors (Lipinski definition) is 1. The molecular formula is C22H26FN3O3. The Bertz CT molecular complexity index is 816. The van der Waals surface area contributed by atoms with Crippen molar-refractivity contribution in [2.75, 3.05) is 44.7 Å². The van der Waals surface area contributed by atoms with Crippen LogP contribution in [-0.2, 0) is 16.0 Å². The number of benzene rings is 2. The second-order valence-electron chi connectivity index (χ2n) is 6.97. The zero-order valence-electron chi connectivity index (χ0n) is 16.6. The van der Waals surface area contributed by atoms with E-state index in [9.17, 15) is 14.0 Å². The van der Waals surface area contributed by atoms with Crippen LogP contribution >= 0.6 is 0 Å². The summed E-state index contributed by atoms with van der Waals surface area (Å²) in [7, 11) is 1.61. The number of rotatable bonds is 7. The number of anilines is 1. The first-order chi connectivity index (χ1) is 14.0. The Morgan fingerprint density at radius 3 is 2.28 bits per heavy atom. The minimum atomic E-state index is -0.259. The number of carbonyl (C=O) groups is 2. The van der Waals surface area contributed by atoms with Crippen molar-refractivity contribution >= 4 is 17.5 Å². The average Bonchev–Trinajstić information content (AvgIpc) is 2.77. The molecule has 0 spiro atoms. The highest BCUT2D eigenvalue weighted by atomic mass is 19.1. The molecule has 0 aromatic heterocycles. The van der Waals surface area contributed by atoms with Gasteiger partial charge in [-0.15, -0.1) is 0 Å². The number of piperazine rings is 1. The van der Waals surface area contributed by atoms with Gasteiger partial charge in [-0.2, -0.15) is 0 Å². The summed E-state index contributed by atoms with van der Waals surface area (Å²) in [5.74, 6) is 0.300. The Kier molecular flexibility index (Phi) is 7.05. The second-order valence-corrected chi connectivity index (χ2v) is 6.97. The molecule has 7 heteroatoms. The van der Waals surface area contributed by atoms with Gasteiger partial charge in [0.15, 0.2) is 0 Å². The summed E-state index contributed by atoms with van der Waals surface area (Å²) in [6.07, 6.45) is 0.943. The molecule has 1 aliphatic rings. The quantitative estimate of drug-likeness (QED) is 0.776. The van der Waals surface area contributed by atoms with E-state index in [0.29, 0.717) is 39.0 Å². The average molecular weight is 399 g/mol. The number of aryl methyl sites for hydroxylation is 1. The lowest BCUT2D eigenvalue weighted by atomic mass is 10.1. The maximum absolute atomic E-state index is 13.0. The van der Waals surface area contributed by atoms with Crippen LogP contribution in [0.2, 0.25) is 0 Å². The summed E-state index contributed by atoms with van der Waals surface area (Å²) < 4.78 is 18.2. The molecule has 1 fully saturated rings. The molecule has 1 aliphatic heterocycles. The maximum Gasteiger partial charge on any atom is 0.242 e. The van der Waals surface area contributed by atoms with Gasteiger partial charge >= 0.3 is 0 Å². The predicted molar refractivity (Wildman–Crippen MR) is 110 cm³/mol. The van der Waals surface area contributed by atoms with Crippen molar-refractivity contribution in [1.29, 1.82) is 0 Å². The molecule has 0 atom stereocenters. The molecule has 1 heterocycles. The monoisotopic (exact) mass is 399 g/mol. The van der Waals surface area contributed by atoms with Crippen LogP contribution in [0.5, 0.6) is 5.75 Å². The van der Waals surface area contributed by atoms with Crippen LogP contribution in [-0.4, -0.2) is 56.5 Å². The third-order valence-corrected chi connectivity index (χ3v) is 5.06. The van der Waals surface area contributed by atoms with Crippen LogP contribution in [0.3, 0.4) is 0 Å². The number of methoxy groups -OCH3 is 1. The molecule has 0 unspecified atom stereocenters. The van der Waals surface area contributed by atoms with Gasteiger partial charge in [0, 0.05) is 38.3 Å². The fourth-order valence-corrected chi connectivity index (χ4v) is 3.29. The van der Waals surface area contributed by atoms with Gasteiger partial charge < -0.3 is 19.9 Å². The van der Waals surface area contributed by atoms with E-state index in [0.717, 1.165) is 17.0 Å². The Labute approximate surface area is 170 Å². The van der Waals surface area contributed by atoms with E-state index in [1.807, 2.05) is 24.3 Å². The van der Waals surface area contributed by atoms with Gasteiger partial charge in [0.05, 0.1) is 13.7 Å². The van der Waals surface area contributed by atoms with E-state index in [-0.39, 0.29) is 24.2 Å². The molecule has 154 valence electrons. The van der Waals surface area contributed by atoms with Crippen molar-refractivity contribution in [3.8, 4) is 5.75 Å². The molecule has 29 heavy (non-hydrogen) atoms. The van der Waals surface area contributed by atoms with Crippen LogP contribution in [0.25, 0.3) is 0 Å². The summed E-state index contributed by atoms with van der Waals surface area (Å²) in [5.41, 5.74) is 1.99. The summed E-state index contributed by atoms with van der Waals surface area (Å²) >= 11 is 0. The Morgan fingerprint density at radius 1 is 1.00 bits per heavy atom. The zero-order valence-corrected chi connectivity index (χ0v) is 16.6. The molecule has 2 amide bonds. The number of hydrogen-bond acceptors (Lipinski definition) is 4. The number of nitrogens with zero attached hydrogens (tertiary/aromatic N) is 2. The minimum absolute atomic E-state index is 0.0119. The Balaban J connectivity index is 1.37. The zero-order chi connectivity index (χ0) is 20.6. The van der Waals surface area contributed by atoms with E-state index in [1.54, 1.807) is 24.1 Å². The van der Waals surface area contributed by atoms with E-state index in [4.69, 9.17) is 4.74 Å². The molecule has 2 aromatic rings. The number of nitrogens with one attached hydrogen (secondary N) is 1. The van der Waals surface area contributed by atoms with Crippen LogP contribution in [0.4, 0.5) is 10.1 Å². The lowest BCUT2D eigenvalue weighted by molar-refractivity contribution is -0.133. The normalized spacial score (nSPS) is 13.9. The number of halogens is 1. The molecule has 0 radical (unpaired) electrons. The van der Waals surface area contributed by atoms with E-state index < -0.39 is 0 Å². The lowest BCUT2D eigenvalue weighted by Crippen LogP contribution is -2.51. The fourth-order valence-electron chi connectivity index (χ4n) is 3.29. The number of amides is 2. The molecular weight excluding hydrogens is 373 g/mol. The SMILES string of the molecule is COc1ccc(CCC(=O)NCC(=O)N2CCN(c3ccc(F)cc3)CC2)cc1. The second kappa shape index (κ2) is 9.91. The van der Waals surface area contributed by atoms with Gasteiger partial charge in [0.25, 0.3) is 0 Å². The van der Waals surface area contributed by atoms with Crippen molar-refractivity contribution in [1.82, 2.24) is 10.2 Å². The third-order valence-electron chi connectivity index (χ3n) is 5.06. The summed E-state index contributed by atoms with van der Waals surface area (Å²) in [6, 6.07) is 14.0. The highest BCUT2D eigenvalue weighted by Gasteiger charge is 2.21. The number of ether oxygens (including phenoxy) is 1. The summed E-state index contributed by atoms with van der Waals surface area (Å²) in [5, 5.41) is 2.71. The summed E-state index contributed by atoms with van der Waals surface area (Å²) in [6.45, 7) is 2.54. The van der Waals surface area contributed by atoms with Crippen molar-refractivity contribution in [2.24, 2.45) is 0 Å². The van der Waals surface area contributed by atoms with Crippen LogP contribution in [0, 0.1) is 5.82 Å². The first kappa shape index (κ1) is 20.6. The van der Waals surface area contributed by atoms with Crippen LogP contribution in [0.1, 0.15) is 12.0 Å². The van der Waals surface area contributed by atoms with Crippen molar-refractivity contribution in [2.45, 2.75) is 12.8 Å². The smallest absolute Gasteiger partial charge is 0.242 e. The van der Waals surface area contributed by atoms with Gasteiger partial charge in [-0.1, -0.05) is 12.1 Å². The molecule has 2 aromatic carbocycles. The lowest BCUT2D eigenvalue weighted by Gasteiger charge is -2.36. The Morgan fingerprint density at radius 2 is 1.66 bits per heavy atom. The van der Waals surface area contributed by atoms with Gasteiger partial charge in [0.2, 0.25) is 11.8 Å². The van der Waals surface area contributed by atoms with E-state index >= 15 is 0 Å². The Hall–Kier alpha value is -3.09. The third kappa shape index (κ3) is 5.94. The molecule has 0 aliphatic carbocycles. The predicted octanol–water partition coefficient (Wildman–Crippen LogP) is 2.23. The van der Waals surface area contributed by atoms with Crippen LogP contribution < -0.4 is 15.0 Å². The van der Waals surface area contributed by atoms with Crippen molar-refractivity contribution < 1.29 is 18.7 Å². The van der Waals surface area contributed by atoms with Gasteiger partial charge in [0.1, 0.15) is 11.6 Å². The van der Waals surface area contributed by atoms with Gasteiger partial charge in [-0.25, -0.2) is 4.39 Å². The highest BCUT2D eigenvalue weighted by molar-refractivity contribution is 5.85. The number of carbonyl (C=O) groups excluding carboxylic acids is 2. The van der Waals surface area contributed by atoms with Gasteiger partial charge in [-0.3, -0.25) is 9.59 Å². The fraction of sp³-hybridized carbons (Fsp3) is 0.364. The first-order valence-corrected chi connectivity index (χ1v) is 9.73. The van der Waals surface area contributed by atoms with Crippen molar-refractivity contribution in [3.05, 3.63) is 59.9 Å². The van der Waals surface area contributed by atoms with Gasteiger partial charge in [-0.05, 0) is 48.4 Å². The molecule has 0 bridgehead atoms. The highest BCUT2D eigenvalue weighted by Crippen LogP contribution is 2.17. The standard InChI is InChI=1S/C22H26FN3O3/c1-29-20-9-2-17(3-10-20)4-11-21(27)24-16-22(28)26-14-12-25(13-15-26)19-7-5-18(23)6-8-19/h2-3,5-10H,4,11-16H2,1H3,(H,24,27). The minimum Gasteiger partial charge on any atom is -0.497 e. The van der Waals surface area contributed by atoms with Crippen molar-refractivity contribution in [3.63, 3.8) is 0 Å². The molecule has 3 rings (SSSR count). The topological polar surface area (TPSA) is 61.9 Å². The molecule has 1 N–H and O–H groups in total. The molecule has 0 saturated carbocycles. The maximum atomic E-state index is 13.0. The first-order valence-electron chi connectivity index (χ1n) is 9.73. The molecule has 6 nitrogen and oxygen atoms in total. The summed E-state index contributed by atoms with van der Waals surface area (Å²) in [4.78, 5) is 28.3. The van der Waals surface area contributed by atoms with Crippen LogP contribution in [0.15, 0.2) is 48.5 Å². The molecule has 1 saturated heterocycles. The van der Waals surface area contributed by atoms with E-state index in [1.165, 1.54) is 12.1 Å². The van der Waals surface area contributed by atoms with E-state index in [2.05, 4.69) is 10.2 Å². The largest absolute Gasteiger partial charge is 0.497 e.